The van der Waals surface area contributed by atoms with Gasteiger partial charge in [-0.15, -0.1) is 0 Å². The average molecular weight is 380 g/mol. The standard InChI is InChI=1S/C16H16N2O9/c1-16(2)26-13(20)11(14(21)27-16)12(19)10(17-15(22)23)7-8-3-5-9(6-4-8)18(24)25/h3-6,10-11,17H,7H2,1-2H3,(H,22,23)/t10-/m0/s1. The molecule has 0 bridgehead atoms. The van der Waals surface area contributed by atoms with Gasteiger partial charge in [0.2, 0.25) is 5.92 Å². The number of Topliss-reactive ketones (excluding diaryl/α,β-unsaturated/α-hetero) is 1. The molecule has 0 unspecified atom stereocenters. The number of rotatable bonds is 6. The average Bonchev–Trinajstić information content (AvgIpc) is 2.52. The van der Waals surface area contributed by atoms with Crippen LogP contribution in [-0.2, 0) is 30.3 Å². The second kappa shape index (κ2) is 7.40. The van der Waals surface area contributed by atoms with Crippen LogP contribution in [0.5, 0.6) is 0 Å². The molecule has 2 rings (SSSR count). The molecule has 1 amide bonds. The predicted octanol–water partition coefficient (Wildman–Crippen LogP) is 0.795. The van der Waals surface area contributed by atoms with Crippen LogP contribution in [-0.4, -0.2) is 45.7 Å². The van der Waals surface area contributed by atoms with E-state index in [2.05, 4.69) is 0 Å². The van der Waals surface area contributed by atoms with Crippen molar-refractivity contribution in [3.63, 3.8) is 0 Å². The maximum Gasteiger partial charge on any atom is 0.405 e. The van der Waals surface area contributed by atoms with Crippen LogP contribution >= 0.6 is 0 Å². The van der Waals surface area contributed by atoms with Gasteiger partial charge in [-0.3, -0.25) is 24.5 Å². The van der Waals surface area contributed by atoms with Crippen LogP contribution in [0.15, 0.2) is 24.3 Å². The van der Waals surface area contributed by atoms with E-state index in [-0.39, 0.29) is 12.1 Å². The number of esters is 2. The van der Waals surface area contributed by atoms with Crippen molar-refractivity contribution in [2.45, 2.75) is 32.1 Å². The highest BCUT2D eigenvalue weighted by Crippen LogP contribution is 2.25. The number of nitrogens with one attached hydrogen (secondary N) is 1. The van der Waals surface area contributed by atoms with E-state index in [0.717, 1.165) is 0 Å². The first-order valence-corrected chi connectivity index (χ1v) is 7.72. The van der Waals surface area contributed by atoms with Crippen LogP contribution in [0.2, 0.25) is 0 Å². The van der Waals surface area contributed by atoms with Crippen molar-refractivity contribution in [1.82, 2.24) is 5.32 Å². The second-order valence-electron chi connectivity index (χ2n) is 6.21. The lowest BCUT2D eigenvalue weighted by Crippen LogP contribution is -2.54. The molecule has 1 aromatic rings. The van der Waals surface area contributed by atoms with Gasteiger partial charge in [0.05, 0.1) is 11.0 Å². The Morgan fingerprint density at radius 3 is 2.19 bits per heavy atom. The number of hydrogen-bond acceptors (Lipinski definition) is 8. The van der Waals surface area contributed by atoms with Crippen molar-refractivity contribution in [2.75, 3.05) is 0 Å². The molecule has 1 aliphatic rings. The van der Waals surface area contributed by atoms with Gasteiger partial charge < -0.3 is 19.9 Å². The van der Waals surface area contributed by atoms with Crippen molar-refractivity contribution < 1.29 is 38.7 Å². The Bertz CT molecular complexity index is 781. The predicted molar refractivity (Wildman–Crippen MR) is 86.5 cm³/mol. The molecule has 1 heterocycles. The van der Waals surface area contributed by atoms with Gasteiger partial charge in [-0.2, -0.15) is 0 Å². The second-order valence-corrected chi connectivity index (χ2v) is 6.21. The van der Waals surface area contributed by atoms with Gasteiger partial charge in [-0.05, 0) is 12.0 Å². The lowest BCUT2D eigenvalue weighted by molar-refractivity contribution is -0.384. The molecule has 0 saturated carbocycles. The van der Waals surface area contributed by atoms with Gasteiger partial charge in [-0.1, -0.05) is 12.1 Å². The Morgan fingerprint density at radius 1 is 1.22 bits per heavy atom. The van der Waals surface area contributed by atoms with Crippen LogP contribution in [0.25, 0.3) is 0 Å². The molecule has 0 radical (unpaired) electrons. The van der Waals surface area contributed by atoms with Crippen LogP contribution in [0.3, 0.4) is 0 Å². The minimum absolute atomic E-state index is 0.186. The Hall–Kier alpha value is -3.50. The lowest BCUT2D eigenvalue weighted by atomic mass is 9.92. The summed E-state index contributed by atoms with van der Waals surface area (Å²) in [7, 11) is 0. The molecule has 1 fully saturated rings. The largest absolute Gasteiger partial charge is 0.465 e. The summed E-state index contributed by atoms with van der Waals surface area (Å²) in [4.78, 5) is 57.7. The summed E-state index contributed by atoms with van der Waals surface area (Å²) in [5.74, 6) is -6.77. The normalized spacial score (nSPS) is 17.4. The van der Waals surface area contributed by atoms with E-state index in [9.17, 15) is 29.3 Å². The first-order valence-electron chi connectivity index (χ1n) is 7.72. The van der Waals surface area contributed by atoms with Gasteiger partial charge in [0.25, 0.3) is 11.5 Å². The smallest absolute Gasteiger partial charge is 0.405 e. The quantitative estimate of drug-likeness (QED) is 0.314. The molecule has 11 heteroatoms. The van der Waals surface area contributed by atoms with Gasteiger partial charge >= 0.3 is 18.0 Å². The maximum atomic E-state index is 12.6. The molecule has 2 N–H and O–H groups in total. The third-order valence-electron chi connectivity index (χ3n) is 3.68. The first kappa shape index (κ1) is 19.8. The summed E-state index contributed by atoms with van der Waals surface area (Å²) in [5.41, 5.74) is 0.195. The summed E-state index contributed by atoms with van der Waals surface area (Å²) < 4.78 is 9.74. The van der Waals surface area contributed by atoms with Crippen LogP contribution < -0.4 is 5.32 Å². The van der Waals surface area contributed by atoms with E-state index < -0.39 is 46.5 Å². The highest BCUT2D eigenvalue weighted by atomic mass is 16.7. The monoisotopic (exact) mass is 380 g/mol. The van der Waals surface area contributed by atoms with E-state index in [4.69, 9.17) is 14.6 Å². The molecule has 1 saturated heterocycles. The lowest BCUT2D eigenvalue weighted by Gasteiger charge is -2.33. The molecule has 0 spiro atoms. The van der Waals surface area contributed by atoms with E-state index in [1.54, 1.807) is 0 Å². The molecular weight excluding hydrogens is 364 g/mol. The van der Waals surface area contributed by atoms with E-state index in [1.807, 2.05) is 5.32 Å². The maximum absolute atomic E-state index is 12.6. The van der Waals surface area contributed by atoms with Crippen LogP contribution in [0, 0.1) is 16.0 Å². The Kier molecular flexibility index (Phi) is 5.43. The fraction of sp³-hybridized carbons (Fsp3) is 0.375. The van der Waals surface area contributed by atoms with E-state index >= 15 is 0 Å². The Labute approximate surface area is 152 Å². The minimum Gasteiger partial charge on any atom is -0.465 e. The number of nitrogens with zero attached hydrogens (tertiary/aromatic N) is 1. The number of carbonyl (C=O) groups excluding carboxylic acids is 3. The number of ether oxygens (including phenoxy) is 2. The van der Waals surface area contributed by atoms with Gasteiger partial charge in [0.15, 0.2) is 5.78 Å². The van der Waals surface area contributed by atoms with E-state index in [0.29, 0.717) is 5.56 Å². The number of carboxylic acid groups (broad SMARTS) is 1. The third kappa shape index (κ3) is 4.77. The van der Waals surface area contributed by atoms with Crippen molar-refractivity contribution >= 4 is 29.5 Å². The van der Waals surface area contributed by atoms with Gasteiger partial charge in [0.1, 0.15) is 0 Å². The Balaban J connectivity index is 2.23. The summed E-state index contributed by atoms with van der Waals surface area (Å²) >= 11 is 0. The van der Waals surface area contributed by atoms with Gasteiger partial charge in [-0.25, -0.2) is 4.79 Å². The van der Waals surface area contributed by atoms with Crippen LogP contribution in [0.1, 0.15) is 19.4 Å². The number of carbonyl (C=O) groups is 4. The number of ketones is 1. The zero-order valence-electron chi connectivity index (χ0n) is 14.3. The molecular formula is C16H16N2O9. The highest BCUT2D eigenvalue weighted by molar-refractivity contribution is 6.17. The number of benzene rings is 1. The summed E-state index contributed by atoms with van der Waals surface area (Å²) in [6.45, 7) is 2.63. The molecule has 144 valence electrons. The number of nitro benzene ring substituents is 1. The van der Waals surface area contributed by atoms with Crippen molar-refractivity contribution in [3.05, 3.63) is 39.9 Å². The highest BCUT2D eigenvalue weighted by Gasteiger charge is 2.49. The van der Waals surface area contributed by atoms with Crippen molar-refractivity contribution in [1.29, 1.82) is 0 Å². The number of nitro groups is 1. The number of amides is 1. The zero-order chi connectivity index (χ0) is 20.4. The number of cyclic esters (lactones) is 2. The SMILES string of the molecule is CC1(C)OC(=O)C(C(=O)[C@H](Cc2ccc([N+](=O)[O-])cc2)NC(=O)O)C(=O)O1. The molecule has 1 aliphatic heterocycles. The Morgan fingerprint density at radius 2 is 1.74 bits per heavy atom. The number of hydrogen-bond donors (Lipinski definition) is 2. The minimum atomic E-state index is -1.92. The van der Waals surface area contributed by atoms with E-state index in [1.165, 1.54) is 38.1 Å². The molecule has 1 aromatic carbocycles. The molecule has 0 aliphatic carbocycles. The van der Waals surface area contributed by atoms with Crippen molar-refractivity contribution in [3.8, 4) is 0 Å². The molecule has 1 atom stereocenters. The topological polar surface area (TPSA) is 162 Å². The third-order valence-corrected chi connectivity index (χ3v) is 3.68. The number of non-ortho nitro benzene ring substituents is 1. The molecule has 11 nitrogen and oxygen atoms in total. The molecule has 27 heavy (non-hydrogen) atoms. The first-order chi connectivity index (χ1) is 12.5. The fourth-order valence-electron chi connectivity index (χ4n) is 2.51. The summed E-state index contributed by atoms with van der Waals surface area (Å²) in [6.07, 6.45) is -1.78. The summed E-state index contributed by atoms with van der Waals surface area (Å²) in [5, 5.41) is 21.6. The zero-order valence-corrected chi connectivity index (χ0v) is 14.3. The molecule has 0 aromatic heterocycles. The fourth-order valence-corrected chi connectivity index (χ4v) is 2.51. The summed E-state index contributed by atoms with van der Waals surface area (Å²) in [6, 6.07) is 3.58. The van der Waals surface area contributed by atoms with Crippen LogP contribution in [0.4, 0.5) is 10.5 Å². The van der Waals surface area contributed by atoms with Crippen molar-refractivity contribution in [2.24, 2.45) is 5.92 Å². The van der Waals surface area contributed by atoms with Gasteiger partial charge in [0, 0.05) is 26.0 Å².